The normalized spacial score (nSPS) is 10.1. The van der Waals surface area contributed by atoms with Crippen LogP contribution in [0.1, 0.15) is 22.3 Å². The maximum Gasteiger partial charge on any atom is 0.129 e. The maximum absolute atomic E-state index is 6.04. The summed E-state index contributed by atoms with van der Waals surface area (Å²) in [6.45, 7) is 8.30. The van der Waals surface area contributed by atoms with Crippen LogP contribution in [-0.2, 0) is 0 Å². The molecule has 0 nitrogen and oxygen atoms in total. The lowest BCUT2D eigenvalue weighted by molar-refractivity contribution is 1.26. The topological polar surface area (TPSA) is 0 Å². The second-order valence-corrected chi connectivity index (χ2v) is 8.41. The van der Waals surface area contributed by atoms with Gasteiger partial charge in [-0.05, 0) is 85.0 Å². The van der Waals surface area contributed by atoms with Gasteiger partial charge < -0.3 is 0 Å². The van der Waals surface area contributed by atoms with Crippen LogP contribution in [0.5, 0.6) is 0 Å². The Balaban J connectivity index is 2.20. The van der Waals surface area contributed by atoms with Crippen molar-refractivity contribution in [1.82, 2.24) is 0 Å². The number of rotatable bonds is 3. The van der Waals surface area contributed by atoms with Gasteiger partial charge in [0.25, 0.3) is 0 Å². The summed E-state index contributed by atoms with van der Waals surface area (Å²) in [4.78, 5) is 2.95. The summed E-state index contributed by atoms with van der Waals surface area (Å²) in [5, 5.41) is 3.12. The van der Waals surface area contributed by atoms with Crippen LogP contribution < -0.4 is 0 Å². The molecule has 0 heterocycles. The third-order valence-electron chi connectivity index (χ3n) is 3.40. The van der Waals surface area contributed by atoms with Crippen LogP contribution in [0.25, 0.3) is 0 Å². The van der Waals surface area contributed by atoms with Crippen LogP contribution >= 0.6 is 46.7 Å². The monoisotopic (exact) mass is 392 g/mol. The molecule has 4 heteroatoms. The highest BCUT2D eigenvalue weighted by Crippen LogP contribution is 2.34. The smallest absolute Gasteiger partial charge is 0.0781 e. The van der Waals surface area contributed by atoms with E-state index in [1.807, 2.05) is 0 Å². The van der Waals surface area contributed by atoms with E-state index >= 15 is 0 Å². The minimum atomic E-state index is 0.204. The molecule has 0 amide bonds. The van der Waals surface area contributed by atoms with E-state index in [0.29, 0.717) is 4.91 Å². The molecule has 0 atom stereocenters. The molecule has 0 radical (unpaired) electrons. The lowest BCUT2D eigenvalue weighted by atomic mass is 10.2. The largest absolute Gasteiger partial charge is 0.129 e. The van der Waals surface area contributed by atoms with Gasteiger partial charge in [-0.3, -0.25) is 0 Å². The highest BCUT2D eigenvalue weighted by molar-refractivity contribution is 8.04. The fourth-order valence-corrected chi connectivity index (χ4v) is 3.98. The van der Waals surface area contributed by atoms with E-state index in [2.05, 4.69) is 75.3 Å². The van der Waals surface area contributed by atoms with Gasteiger partial charge in [-0.1, -0.05) is 59.2 Å². The van der Waals surface area contributed by atoms with Crippen LogP contribution in [-0.4, -0.2) is 0 Å². The molecule has 124 valence electrons. The Bertz CT molecular complexity index is 838. The van der Waals surface area contributed by atoms with Gasteiger partial charge in [0, 0.05) is 9.79 Å². The molecular formula is C20H18Cl2S2. The summed E-state index contributed by atoms with van der Waals surface area (Å²) >= 11 is 15.1. The van der Waals surface area contributed by atoms with Crippen molar-refractivity contribution in [3.8, 4) is 11.2 Å². The van der Waals surface area contributed by atoms with Crippen molar-refractivity contribution >= 4 is 46.7 Å². The zero-order valence-electron chi connectivity index (χ0n) is 14.0. The van der Waals surface area contributed by atoms with E-state index in [-0.39, 0.29) is 4.49 Å². The van der Waals surface area contributed by atoms with Gasteiger partial charge in [-0.15, -0.1) is 0 Å². The quantitative estimate of drug-likeness (QED) is 0.393. The number of aryl methyl sites for hydroxylation is 4. The molecule has 0 bridgehead atoms. The molecule has 0 saturated carbocycles. The Morgan fingerprint density at radius 3 is 1.96 bits per heavy atom. The van der Waals surface area contributed by atoms with E-state index in [1.54, 1.807) is 0 Å². The van der Waals surface area contributed by atoms with Gasteiger partial charge in [0.2, 0.25) is 0 Å². The molecular weight excluding hydrogens is 375 g/mol. The van der Waals surface area contributed by atoms with E-state index in [9.17, 15) is 0 Å². The number of hydrogen-bond donors (Lipinski definition) is 0. The molecule has 2 aromatic rings. The molecule has 24 heavy (non-hydrogen) atoms. The lowest BCUT2D eigenvalue weighted by Gasteiger charge is -2.06. The van der Waals surface area contributed by atoms with Crippen molar-refractivity contribution < 1.29 is 0 Å². The highest BCUT2D eigenvalue weighted by atomic mass is 35.5. The van der Waals surface area contributed by atoms with E-state index in [0.717, 1.165) is 9.79 Å². The van der Waals surface area contributed by atoms with Crippen LogP contribution in [0.3, 0.4) is 0 Å². The van der Waals surface area contributed by atoms with Gasteiger partial charge in [0.05, 0.1) is 4.91 Å². The Morgan fingerprint density at radius 2 is 1.38 bits per heavy atom. The fourth-order valence-electron chi connectivity index (χ4n) is 1.98. The Hall–Kier alpha value is -0.980. The SMILES string of the molecule is Cc1ccc(C)c(SC#CC(Sc2cc(C)ccc2C)=C(Cl)Cl)c1. The maximum atomic E-state index is 6.04. The van der Waals surface area contributed by atoms with Gasteiger partial charge in [0.1, 0.15) is 4.49 Å². The van der Waals surface area contributed by atoms with Crippen LogP contribution in [0.15, 0.2) is 55.6 Å². The van der Waals surface area contributed by atoms with Crippen LogP contribution in [0.2, 0.25) is 0 Å². The van der Waals surface area contributed by atoms with Crippen molar-refractivity contribution in [1.29, 1.82) is 0 Å². The molecule has 0 unspecified atom stereocenters. The molecule has 2 rings (SSSR count). The first-order chi connectivity index (χ1) is 11.4. The Kier molecular flexibility index (Phi) is 7.19. The summed E-state index contributed by atoms with van der Waals surface area (Å²) in [7, 11) is 0. The van der Waals surface area contributed by atoms with Crippen molar-refractivity contribution in [2.75, 3.05) is 0 Å². The minimum Gasteiger partial charge on any atom is -0.0781 e. The first-order valence-corrected chi connectivity index (χ1v) is 9.81. The van der Waals surface area contributed by atoms with Crippen molar-refractivity contribution in [2.45, 2.75) is 37.5 Å². The summed E-state index contributed by atoms with van der Waals surface area (Å²) in [5.41, 5.74) is 4.82. The molecule has 0 saturated heterocycles. The minimum absolute atomic E-state index is 0.204. The third kappa shape index (κ3) is 5.53. The zero-order chi connectivity index (χ0) is 17.7. The van der Waals surface area contributed by atoms with Crippen molar-refractivity contribution in [3.05, 3.63) is 68.0 Å². The first-order valence-electron chi connectivity index (χ1n) is 7.42. The predicted octanol–water partition coefficient (Wildman–Crippen LogP) is 7.41. The van der Waals surface area contributed by atoms with Crippen LogP contribution in [0.4, 0.5) is 0 Å². The molecule has 0 aromatic heterocycles. The standard InChI is InChI=1S/C20H18Cl2S2/c1-13-5-7-15(3)18(11-13)23-10-9-17(20(21)22)24-19-12-14(2)6-8-16(19)4/h5-8,11-12H,1-4H3. The first kappa shape index (κ1) is 19.3. The van der Waals surface area contributed by atoms with Gasteiger partial charge in [-0.25, -0.2) is 0 Å². The van der Waals surface area contributed by atoms with E-state index < -0.39 is 0 Å². The molecule has 0 N–H and O–H groups in total. The average Bonchev–Trinajstić information content (AvgIpc) is 2.52. The van der Waals surface area contributed by atoms with E-state index in [4.69, 9.17) is 23.2 Å². The van der Waals surface area contributed by atoms with Gasteiger partial charge in [0.15, 0.2) is 0 Å². The lowest BCUT2D eigenvalue weighted by Crippen LogP contribution is -1.83. The van der Waals surface area contributed by atoms with Gasteiger partial charge >= 0.3 is 0 Å². The molecule has 0 aliphatic rings. The van der Waals surface area contributed by atoms with Crippen molar-refractivity contribution in [3.63, 3.8) is 0 Å². The Morgan fingerprint density at radius 1 is 0.833 bits per heavy atom. The summed E-state index contributed by atoms with van der Waals surface area (Å²) < 4.78 is 0.204. The molecule has 0 fully saturated rings. The molecule has 0 aliphatic heterocycles. The van der Waals surface area contributed by atoms with E-state index in [1.165, 1.54) is 45.8 Å². The Labute approximate surface area is 163 Å². The summed E-state index contributed by atoms with van der Waals surface area (Å²) in [5.74, 6) is 3.10. The predicted molar refractivity (Wildman–Crippen MR) is 110 cm³/mol. The third-order valence-corrected chi connectivity index (χ3v) is 6.03. The fraction of sp³-hybridized carbons (Fsp3) is 0.200. The van der Waals surface area contributed by atoms with Crippen molar-refractivity contribution in [2.24, 2.45) is 0 Å². The molecule has 0 spiro atoms. The van der Waals surface area contributed by atoms with Crippen LogP contribution in [0, 0.1) is 38.9 Å². The highest BCUT2D eigenvalue weighted by Gasteiger charge is 2.06. The number of hydrogen-bond acceptors (Lipinski definition) is 2. The second-order valence-electron chi connectivity index (χ2n) is 5.56. The number of allylic oxidation sites excluding steroid dienone is 1. The molecule has 0 aliphatic carbocycles. The number of benzene rings is 2. The summed E-state index contributed by atoms with van der Waals surface area (Å²) in [6.07, 6.45) is 0. The number of halogens is 2. The number of thioether (sulfide) groups is 2. The zero-order valence-corrected chi connectivity index (χ0v) is 17.2. The average molecular weight is 393 g/mol. The van der Waals surface area contributed by atoms with Gasteiger partial charge in [-0.2, -0.15) is 0 Å². The molecule has 2 aromatic carbocycles. The second kappa shape index (κ2) is 8.92. The summed E-state index contributed by atoms with van der Waals surface area (Å²) in [6, 6.07) is 12.6.